The van der Waals surface area contributed by atoms with Gasteiger partial charge in [0.05, 0.1) is 10.7 Å². The Labute approximate surface area is 136 Å². The first-order chi connectivity index (χ1) is 10.6. The van der Waals surface area contributed by atoms with Gasteiger partial charge in [0, 0.05) is 12.7 Å². The lowest BCUT2D eigenvalue weighted by molar-refractivity contribution is -0.308. The van der Waals surface area contributed by atoms with Crippen molar-refractivity contribution >= 4 is 29.3 Å². The number of nitrogens with zero attached hydrogens (tertiary/aromatic N) is 1. The van der Waals surface area contributed by atoms with E-state index >= 15 is 0 Å². The van der Waals surface area contributed by atoms with E-state index in [1.165, 1.54) is 23.6 Å². The molecule has 1 aromatic rings. The fraction of sp³-hybridized carbons (Fsp3) is 0.467. The van der Waals surface area contributed by atoms with Crippen LogP contribution in [-0.4, -0.2) is 36.8 Å². The van der Waals surface area contributed by atoms with Crippen LogP contribution in [0.25, 0.3) is 0 Å². The molecule has 8 heteroatoms. The average molecular weight is 347 g/mol. The van der Waals surface area contributed by atoms with E-state index in [0.717, 1.165) is 0 Å². The summed E-state index contributed by atoms with van der Waals surface area (Å²) in [4.78, 5) is 26.1. The minimum atomic E-state index is -5.06. The largest absolute Gasteiger partial charge is 0.575 e. The number of ether oxygens (including phenoxy) is 1. The van der Waals surface area contributed by atoms with Gasteiger partial charge >= 0.3 is 12.3 Å². The molecule has 23 heavy (non-hydrogen) atoms. The summed E-state index contributed by atoms with van der Waals surface area (Å²) in [5, 5.41) is -0.641. The Kier molecular flexibility index (Phi) is 4.66. The highest BCUT2D eigenvalue weighted by Gasteiger charge is 2.49. The number of fused-ring (bicyclic) bond motifs is 1. The molecule has 0 saturated carbocycles. The van der Waals surface area contributed by atoms with Gasteiger partial charge in [0.15, 0.2) is 0 Å². The topological polar surface area (TPSA) is 46.6 Å². The van der Waals surface area contributed by atoms with Crippen molar-refractivity contribution < 1.29 is 27.5 Å². The molecule has 0 N–H and O–H groups in total. The van der Waals surface area contributed by atoms with E-state index in [0.29, 0.717) is 11.3 Å². The van der Waals surface area contributed by atoms with Crippen LogP contribution in [0.5, 0.6) is 0 Å². The van der Waals surface area contributed by atoms with Crippen molar-refractivity contribution in [3.63, 3.8) is 0 Å². The summed E-state index contributed by atoms with van der Waals surface area (Å²) >= 11 is 1.20. The zero-order chi connectivity index (χ0) is 17.4. The van der Waals surface area contributed by atoms with Gasteiger partial charge in [-0.3, -0.25) is 9.59 Å². The molecule has 0 bridgehead atoms. The Hall–Kier alpha value is -1.70. The van der Waals surface area contributed by atoms with Crippen molar-refractivity contribution in [2.24, 2.45) is 0 Å². The molecule has 4 nitrogen and oxygen atoms in total. The molecule has 0 radical (unpaired) electrons. The Bertz CT molecular complexity index is 635. The summed E-state index contributed by atoms with van der Waals surface area (Å²) in [5.74, 6) is -1.66. The van der Waals surface area contributed by atoms with E-state index in [-0.39, 0.29) is 12.3 Å². The number of carbonyl (C=O) groups excluding carboxylic acids is 2. The smallest absolute Gasteiger partial charge is 0.372 e. The molecule has 1 aromatic carbocycles. The standard InChI is InChI=1S/C15H16F3NO3S/c1-14(13(21)22-15(16,17)18)8-11(23-3)12(20)19(2)10-7-5-4-6-9(10)14/h4-7,11H,8H2,1-3H3. The van der Waals surface area contributed by atoms with Crippen molar-refractivity contribution in [2.75, 3.05) is 18.2 Å². The number of amides is 1. The Morgan fingerprint density at radius 1 is 1.39 bits per heavy atom. The van der Waals surface area contributed by atoms with Crippen LogP contribution in [0, 0.1) is 0 Å². The Balaban J connectivity index is 2.58. The molecule has 0 aliphatic carbocycles. The van der Waals surface area contributed by atoms with Gasteiger partial charge in [-0.25, -0.2) is 0 Å². The second-order valence-corrected chi connectivity index (χ2v) is 6.55. The number of carbonyl (C=O) groups is 2. The number of rotatable bonds is 2. The Morgan fingerprint density at radius 3 is 2.57 bits per heavy atom. The number of hydrogen-bond acceptors (Lipinski definition) is 4. The quantitative estimate of drug-likeness (QED) is 0.772. The molecular formula is C15H16F3NO3S. The molecule has 0 spiro atoms. The molecule has 1 aliphatic heterocycles. The Morgan fingerprint density at radius 2 is 2.00 bits per heavy atom. The molecular weight excluding hydrogens is 331 g/mol. The van der Waals surface area contributed by atoms with E-state index in [1.807, 2.05) is 0 Å². The van der Waals surface area contributed by atoms with Crippen LogP contribution >= 0.6 is 11.8 Å². The van der Waals surface area contributed by atoms with E-state index in [4.69, 9.17) is 0 Å². The molecule has 0 aromatic heterocycles. The molecule has 2 unspecified atom stereocenters. The van der Waals surface area contributed by atoms with Crippen LogP contribution in [0.1, 0.15) is 18.9 Å². The first-order valence-corrected chi connectivity index (χ1v) is 8.09. The fourth-order valence-electron chi connectivity index (χ4n) is 2.73. The summed E-state index contributed by atoms with van der Waals surface area (Å²) in [7, 11) is 1.55. The number of thioether (sulfide) groups is 1. The van der Waals surface area contributed by atoms with Crippen molar-refractivity contribution in [3.8, 4) is 0 Å². The van der Waals surface area contributed by atoms with Crippen LogP contribution in [0.15, 0.2) is 24.3 Å². The molecule has 1 heterocycles. The van der Waals surface area contributed by atoms with Gasteiger partial charge in [-0.1, -0.05) is 18.2 Å². The van der Waals surface area contributed by atoms with Crippen LogP contribution in [-0.2, 0) is 19.7 Å². The second kappa shape index (κ2) is 6.07. The van der Waals surface area contributed by atoms with Crippen LogP contribution < -0.4 is 4.90 Å². The fourth-order valence-corrected chi connectivity index (χ4v) is 3.59. The molecule has 0 fully saturated rings. The van der Waals surface area contributed by atoms with Gasteiger partial charge < -0.3 is 9.64 Å². The van der Waals surface area contributed by atoms with E-state index in [9.17, 15) is 22.8 Å². The number of para-hydroxylation sites is 1. The predicted molar refractivity (Wildman–Crippen MR) is 81.3 cm³/mol. The first kappa shape index (κ1) is 17.7. The maximum absolute atomic E-state index is 12.5. The highest BCUT2D eigenvalue weighted by molar-refractivity contribution is 7.99. The zero-order valence-electron chi connectivity index (χ0n) is 12.8. The summed E-state index contributed by atoms with van der Waals surface area (Å²) in [6, 6.07) is 6.45. The van der Waals surface area contributed by atoms with Gasteiger partial charge in [-0.2, -0.15) is 11.8 Å². The number of hydrogen-bond donors (Lipinski definition) is 0. The minimum Gasteiger partial charge on any atom is -0.372 e. The predicted octanol–water partition coefficient (Wildman–Crippen LogP) is 3.11. The number of anilines is 1. The summed E-state index contributed by atoms with van der Waals surface area (Å²) < 4.78 is 41.2. The molecule has 1 amide bonds. The van der Waals surface area contributed by atoms with Crippen molar-refractivity contribution in [1.82, 2.24) is 0 Å². The monoisotopic (exact) mass is 347 g/mol. The number of halogens is 3. The summed E-state index contributed by atoms with van der Waals surface area (Å²) in [5.41, 5.74) is -0.808. The lowest BCUT2D eigenvalue weighted by atomic mass is 9.78. The zero-order valence-corrected chi connectivity index (χ0v) is 13.6. The van der Waals surface area contributed by atoms with Crippen LogP contribution in [0.3, 0.4) is 0 Å². The third kappa shape index (κ3) is 3.31. The van der Waals surface area contributed by atoms with Crippen molar-refractivity contribution in [1.29, 1.82) is 0 Å². The molecule has 126 valence electrons. The molecule has 1 aliphatic rings. The number of esters is 1. The normalized spacial score (nSPS) is 24.9. The molecule has 2 rings (SSSR count). The van der Waals surface area contributed by atoms with Gasteiger partial charge in [-0.15, -0.1) is 13.2 Å². The van der Waals surface area contributed by atoms with Gasteiger partial charge in [0.2, 0.25) is 5.91 Å². The highest BCUT2D eigenvalue weighted by Crippen LogP contribution is 2.43. The van der Waals surface area contributed by atoms with Gasteiger partial charge in [0.1, 0.15) is 0 Å². The van der Waals surface area contributed by atoms with Gasteiger partial charge in [-0.05, 0) is 31.2 Å². The van der Waals surface area contributed by atoms with Crippen molar-refractivity contribution in [3.05, 3.63) is 29.8 Å². The first-order valence-electron chi connectivity index (χ1n) is 6.80. The third-order valence-electron chi connectivity index (χ3n) is 4.00. The third-order valence-corrected chi connectivity index (χ3v) is 4.94. The molecule has 2 atom stereocenters. The maximum Gasteiger partial charge on any atom is 0.575 e. The number of alkyl halides is 3. The highest BCUT2D eigenvalue weighted by atomic mass is 32.2. The lowest BCUT2D eigenvalue weighted by Gasteiger charge is -2.29. The van der Waals surface area contributed by atoms with E-state index < -0.39 is 23.0 Å². The average Bonchev–Trinajstić information content (AvgIpc) is 2.56. The minimum absolute atomic E-state index is 0.0662. The van der Waals surface area contributed by atoms with E-state index in [2.05, 4.69) is 4.74 Å². The maximum atomic E-state index is 12.5. The second-order valence-electron chi connectivity index (χ2n) is 5.51. The SMILES string of the molecule is CSC1CC(C)(C(=O)OC(F)(F)F)c2ccccc2N(C)C1=O. The lowest BCUT2D eigenvalue weighted by Crippen LogP contribution is -2.40. The van der Waals surface area contributed by atoms with Gasteiger partial charge in [0.25, 0.3) is 0 Å². The molecule has 0 saturated heterocycles. The van der Waals surface area contributed by atoms with Crippen LogP contribution in [0.4, 0.5) is 18.9 Å². The summed E-state index contributed by atoms with van der Waals surface area (Å²) in [6.07, 6.45) is -3.45. The van der Waals surface area contributed by atoms with Crippen molar-refractivity contribution in [2.45, 2.75) is 30.4 Å². The number of benzene rings is 1. The van der Waals surface area contributed by atoms with E-state index in [1.54, 1.807) is 37.6 Å². The van der Waals surface area contributed by atoms with Crippen LogP contribution in [0.2, 0.25) is 0 Å². The summed E-state index contributed by atoms with van der Waals surface area (Å²) in [6.45, 7) is 1.38.